The summed E-state index contributed by atoms with van der Waals surface area (Å²) in [6, 6.07) is 13.4. The van der Waals surface area contributed by atoms with E-state index in [0.717, 1.165) is 16.6 Å². The maximum Gasteiger partial charge on any atom is 0.387 e. The Balaban J connectivity index is 1.94. The van der Waals surface area contributed by atoms with Crippen molar-refractivity contribution in [1.29, 1.82) is 5.26 Å². The van der Waals surface area contributed by atoms with Crippen LogP contribution in [0.3, 0.4) is 0 Å². The first-order valence-corrected chi connectivity index (χ1v) is 6.11. The van der Waals surface area contributed by atoms with Crippen molar-refractivity contribution in [1.82, 2.24) is 9.97 Å². The second-order valence-electron chi connectivity index (χ2n) is 4.33. The van der Waals surface area contributed by atoms with Crippen LogP contribution in [0.15, 0.2) is 42.5 Å². The fourth-order valence-corrected chi connectivity index (χ4v) is 2.01. The second kappa shape index (κ2) is 5.21. The Bertz CT molecular complexity index is 819. The number of aromatic amines is 1. The molecule has 0 aliphatic heterocycles. The zero-order valence-electron chi connectivity index (χ0n) is 10.7. The molecule has 0 aliphatic carbocycles. The first kappa shape index (κ1) is 13.1. The van der Waals surface area contributed by atoms with E-state index in [9.17, 15) is 8.78 Å². The van der Waals surface area contributed by atoms with Gasteiger partial charge in [0.25, 0.3) is 0 Å². The molecule has 1 aromatic heterocycles. The van der Waals surface area contributed by atoms with Crippen LogP contribution in [0, 0.1) is 11.3 Å². The molecule has 0 saturated carbocycles. The quantitative estimate of drug-likeness (QED) is 0.798. The van der Waals surface area contributed by atoms with E-state index >= 15 is 0 Å². The van der Waals surface area contributed by atoms with Crippen molar-refractivity contribution in [3.8, 4) is 23.2 Å². The van der Waals surface area contributed by atoms with Crippen LogP contribution in [0.2, 0.25) is 0 Å². The minimum Gasteiger partial charge on any atom is -0.435 e. The number of aromatic nitrogens is 2. The van der Waals surface area contributed by atoms with Gasteiger partial charge in [-0.1, -0.05) is 0 Å². The molecule has 0 fully saturated rings. The Labute approximate surface area is 118 Å². The maximum atomic E-state index is 12.1. The van der Waals surface area contributed by atoms with Gasteiger partial charge in [0, 0.05) is 5.56 Å². The fraction of sp³-hybridized carbons (Fsp3) is 0.0667. The summed E-state index contributed by atoms with van der Waals surface area (Å²) in [7, 11) is 0. The zero-order valence-corrected chi connectivity index (χ0v) is 10.7. The Morgan fingerprint density at radius 3 is 2.57 bits per heavy atom. The topological polar surface area (TPSA) is 61.7 Å². The van der Waals surface area contributed by atoms with Crippen molar-refractivity contribution >= 4 is 11.0 Å². The van der Waals surface area contributed by atoms with E-state index in [1.165, 1.54) is 12.1 Å². The smallest absolute Gasteiger partial charge is 0.387 e. The molecule has 104 valence electrons. The molecule has 4 nitrogen and oxygen atoms in total. The van der Waals surface area contributed by atoms with Crippen molar-refractivity contribution in [3.05, 3.63) is 48.0 Å². The van der Waals surface area contributed by atoms with Crippen molar-refractivity contribution in [3.63, 3.8) is 0 Å². The molecular weight excluding hydrogens is 276 g/mol. The van der Waals surface area contributed by atoms with Gasteiger partial charge in [-0.15, -0.1) is 0 Å². The van der Waals surface area contributed by atoms with E-state index in [4.69, 9.17) is 5.26 Å². The summed E-state index contributed by atoms with van der Waals surface area (Å²) in [5.41, 5.74) is 2.76. The van der Waals surface area contributed by atoms with Gasteiger partial charge in [-0.2, -0.15) is 14.0 Å². The summed E-state index contributed by atoms with van der Waals surface area (Å²) in [5, 5.41) is 8.86. The lowest BCUT2D eigenvalue weighted by Crippen LogP contribution is -2.01. The van der Waals surface area contributed by atoms with Crippen molar-refractivity contribution in [2.24, 2.45) is 0 Å². The lowest BCUT2D eigenvalue weighted by Gasteiger charge is -2.04. The average molecular weight is 285 g/mol. The Morgan fingerprint density at radius 2 is 1.90 bits per heavy atom. The van der Waals surface area contributed by atoms with E-state index in [2.05, 4.69) is 20.8 Å². The molecule has 6 heteroatoms. The number of hydrogen-bond donors (Lipinski definition) is 1. The molecule has 0 bridgehead atoms. The number of halogens is 2. The largest absolute Gasteiger partial charge is 0.435 e. The minimum absolute atomic E-state index is 0.0941. The van der Waals surface area contributed by atoms with Crippen LogP contribution in [0.25, 0.3) is 22.4 Å². The third-order valence-corrected chi connectivity index (χ3v) is 2.96. The number of rotatable bonds is 3. The molecule has 2 aromatic carbocycles. The summed E-state index contributed by atoms with van der Waals surface area (Å²) < 4.78 is 28.5. The Morgan fingerprint density at radius 1 is 1.14 bits per heavy atom. The number of hydrogen-bond acceptors (Lipinski definition) is 3. The van der Waals surface area contributed by atoms with Crippen molar-refractivity contribution in [2.75, 3.05) is 0 Å². The molecular formula is C15H9F2N3O. The van der Waals surface area contributed by atoms with E-state index in [1.54, 1.807) is 30.3 Å². The van der Waals surface area contributed by atoms with Crippen LogP contribution in [0.4, 0.5) is 8.78 Å². The first-order valence-electron chi connectivity index (χ1n) is 6.11. The van der Waals surface area contributed by atoms with Crippen molar-refractivity contribution < 1.29 is 13.5 Å². The number of ether oxygens (including phenoxy) is 1. The predicted molar refractivity (Wildman–Crippen MR) is 72.9 cm³/mol. The third kappa shape index (κ3) is 2.67. The number of nitrogens with one attached hydrogen (secondary N) is 1. The highest BCUT2D eigenvalue weighted by molar-refractivity contribution is 5.80. The van der Waals surface area contributed by atoms with Crippen LogP contribution in [0.1, 0.15) is 5.56 Å². The molecule has 1 N–H and O–H groups in total. The fourth-order valence-electron chi connectivity index (χ4n) is 2.01. The summed E-state index contributed by atoms with van der Waals surface area (Å²) in [4.78, 5) is 7.49. The van der Waals surface area contributed by atoms with Gasteiger partial charge in [-0.05, 0) is 42.5 Å². The van der Waals surface area contributed by atoms with Crippen molar-refractivity contribution in [2.45, 2.75) is 6.61 Å². The van der Waals surface area contributed by atoms with Crippen LogP contribution in [-0.2, 0) is 0 Å². The molecule has 3 aromatic rings. The Kier molecular flexibility index (Phi) is 3.24. The van der Waals surface area contributed by atoms with Gasteiger partial charge in [0.2, 0.25) is 0 Å². The SMILES string of the molecule is N#Cc1ccc2nc(-c3ccc(OC(F)F)cc3)[nH]c2c1. The summed E-state index contributed by atoms with van der Waals surface area (Å²) >= 11 is 0. The summed E-state index contributed by atoms with van der Waals surface area (Å²) in [6.45, 7) is -2.84. The summed E-state index contributed by atoms with van der Waals surface area (Å²) in [5.74, 6) is 0.695. The number of nitrogens with zero attached hydrogens (tertiary/aromatic N) is 2. The van der Waals surface area contributed by atoms with Crippen LogP contribution in [-0.4, -0.2) is 16.6 Å². The highest BCUT2D eigenvalue weighted by atomic mass is 19.3. The van der Waals surface area contributed by atoms with E-state index in [-0.39, 0.29) is 5.75 Å². The number of benzene rings is 2. The minimum atomic E-state index is -2.84. The van der Waals surface area contributed by atoms with E-state index in [0.29, 0.717) is 11.4 Å². The molecule has 1 heterocycles. The lowest BCUT2D eigenvalue weighted by atomic mass is 10.2. The van der Waals surface area contributed by atoms with E-state index in [1.807, 2.05) is 0 Å². The van der Waals surface area contributed by atoms with Gasteiger partial charge in [0.15, 0.2) is 0 Å². The molecule has 0 unspecified atom stereocenters. The molecule has 0 saturated heterocycles. The number of fused-ring (bicyclic) bond motifs is 1. The van der Waals surface area contributed by atoms with E-state index < -0.39 is 6.61 Å². The summed E-state index contributed by atoms with van der Waals surface area (Å²) in [6.07, 6.45) is 0. The molecule has 0 amide bonds. The van der Waals surface area contributed by atoms with Gasteiger partial charge in [0.1, 0.15) is 11.6 Å². The third-order valence-electron chi connectivity index (χ3n) is 2.96. The Hall–Kier alpha value is -2.94. The van der Waals surface area contributed by atoms with Gasteiger partial charge in [-0.25, -0.2) is 4.98 Å². The van der Waals surface area contributed by atoms with Gasteiger partial charge in [0.05, 0.1) is 22.7 Å². The first-order chi connectivity index (χ1) is 10.2. The highest BCUT2D eigenvalue weighted by Crippen LogP contribution is 2.24. The van der Waals surface area contributed by atoms with Gasteiger partial charge in [-0.3, -0.25) is 0 Å². The molecule has 0 aliphatic rings. The molecule has 3 rings (SSSR count). The molecule has 0 radical (unpaired) electrons. The molecule has 21 heavy (non-hydrogen) atoms. The number of H-pyrrole nitrogens is 1. The number of alkyl halides is 2. The van der Waals surface area contributed by atoms with Crippen LogP contribution < -0.4 is 4.74 Å². The average Bonchev–Trinajstić information content (AvgIpc) is 2.90. The number of nitriles is 1. The molecule has 0 atom stereocenters. The standard InChI is InChI=1S/C15H9F2N3O/c16-15(17)21-11-4-2-10(3-5-11)14-19-12-6-1-9(8-18)7-13(12)20-14/h1-7,15H,(H,19,20). The monoisotopic (exact) mass is 285 g/mol. The maximum absolute atomic E-state index is 12.1. The van der Waals surface area contributed by atoms with Crippen LogP contribution >= 0.6 is 0 Å². The number of imidazole rings is 1. The normalized spacial score (nSPS) is 10.8. The van der Waals surface area contributed by atoms with Gasteiger partial charge >= 0.3 is 6.61 Å². The highest BCUT2D eigenvalue weighted by Gasteiger charge is 2.08. The predicted octanol–water partition coefficient (Wildman–Crippen LogP) is 3.70. The van der Waals surface area contributed by atoms with Gasteiger partial charge < -0.3 is 9.72 Å². The second-order valence-corrected chi connectivity index (χ2v) is 4.33. The lowest BCUT2D eigenvalue weighted by molar-refractivity contribution is -0.0498. The molecule has 0 spiro atoms. The van der Waals surface area contributed by atoms with Crippen LogP contribution in [0.5, 0.6) is 5.75 Å². The zero-order chi connectivity index (χ0) is 14.8.